The maximum atomic E-state index is 6.39. The highest BCUT2D eigenvalue weighted by Crippen LogP contribution is 2.46. The molecule has 1 aliphatic carbocycles. The number of nitrogens with zero attached hydrogens (tertiary/aromatic N) is 2. The van der Waals surface area contributed by atoms with E-state index in [1.165, 1.54) is 60.4 Å². The lowest BCUT2D eigenvalue weighted by atomic mass is 9.90. The van der Waals surface area contributed by atoms with Gasteiger partial charge in [0.2, 0.25) is 0 Å². The summed E-state index contributed by atoms with van der Waals surface area (Å²) in [6.07, 6.45) is 6.83. The van der Waals surface area contributed by atoms with Crippen molar-refractivity contribution in [1.29, 1.82) is 0 Å². The van der Waals surface area contributed by atoms with Crippen LogP contribution in [-0.2, 0) is 0 Å². The van der Waals surface area contributed by atoms with Gasteiger partial charge in [0.1, 0.15) is 11.9 Å². The van der Waals surface area contributed by atoms with E-state index >= 15 is 0 Å². The van der Waals surface area contributed by atoms with Crippen LogP contribution in [0.3, 0.4) is 0 Å². The molecule has 9 aromatic rings. The van der Waals surface area contributed by atoms with E-state index in [9.17, 15) is 0 Å². The second-order valence-electron chi connectivity index (χ2n) is 14.4. The zero-order valence-electron chi connectivity index (χ0n) is 30.1. The van der Waals surface area contributed by atoms with Crippen molar-refractivity contribution in [2.75, 3.05) is 4.90 Å². The molecule has 0 N–H and O–H groups in total. The summed E-state index contributed by atoms with van der Waals surface area (Å²) >= 11 is 0. The number of benzene rings is 8. The van der Waals surface area contributed by atoms with Crippen LogP contribution in [0.1, 0.15) is 11.5 Å². The zero-order valence-corrected chi connectivity index (χ0v) is 30.1. The number of hydrogen-bond acceptors (Lipinski definition) is 2. The first-order valence-electron chi connectivity index (χ1n) is 19.0. The van der Waals surface area contributed by atoms with Crippen molar-refractivity contribution in [2.24, 2.45) is 0 Å². The van der Waals surface area contributed by atoms with Gasteiger partial charge in [0.25, 0.3) is 0 Å². The van der Waals surface area contributed by atoms with E-state index in [0.29, 0.717) is 0 Å². The quantitative estimate of drug-likeness (QED) is 0.171. The Hall–Kier alpha value is -7.10. The Balaban J connectivity index is 1.09. The topological polar surface area (TPSA) is 17.4 Å². The lowest BCUT2D eigenvalue weighted by Gasteiger charge is -2.32. The van der Waals surface area contributed by atoms with Crippen molar-refractivity contribution in [3.63, 3.8) is 0 Å². The molecular formula is C52H36N2O. The van der Waals surface area contributed by atoms with Crippen molar-refractivity contribution >= 4 is 44.0 Å². The molecule has 2 unspecified atom stereocenters. The first kappa shape index (κ1) is 31.4. The molecule has 8 aromatic carbocycles. The molecule has 0 fully saturated rings. The van der Waals surface area contributed by atoms with E-state index in [1.54, 1.807) is 0 Å². The number of para-hydroxylation sites is 4. The van der Waals surface area contributed by atoms with Crippen LogP contribution in [0.25, 0.3) is 60.5 Å². The molecule has 0 saturated carbocycles. The minimum absolute atomic E-state index is 0.0130. The SMILES string of the molecule is C1=CC2Oc3ccccc3C2C=C1N(c1cccc(-c2ccc3ccc4c(c3c2)c2ccccc2n4-c2ccccc2)c1)c1ccccc1-c1ccccc1. The second-order valence-corrected chi connectivity index (χ2v) is 14.4. The minimum Gasteiger partial charge on any atom is -0.485 e. The lowest BCUT2D eigenvalue weighted by molar-refractivity contribution is 0.268. The molecule has 0 amide bonds. The Bertz CT molecular complexity index is 2970. The molecule has 2 atom stereocenters. The van der Waals surface area contributed by atoms with Crippen LogP contribution in [0.2, 0.25) is 0 Å². The van der Waals surface area contributed by atoms with Crippen molar-refractivity contribution in [3.8, 4) is 33.7 Å². The van der Waals surface area contributed by atoms with Gasteiger partial charge in [0.15, 0.2) is 0 Å². The highest BCUT2D eigenvalue weighted by molar-refractivity contribution is 6.21. The number of fused-ring (bicyclic) bond motifs is 8. The minimum atomic E-state index is -0.0130. The van der Waals surface area contributed by atoms with E-state index in [1.807, 2.05) is 0 Å². The zero-order chi connectivity index (χ0) is 36.3. The van der Waals surface area contributed by atoms with Crippen molar-refractivity contribution in [2.45, 2.75) is 12.0 Å². The predicted molar refractivity (Wildman–Crippen MR) is 229 cm³/mol. The second kappa shape index (κ2) is 12.8. The van der Waals surface area contributed by atoms with Gasteiger partial charge in [-0.1, -0.05) is 133 Å². The van der Waals surface area contributed by atoms with E-state index in [2.05, 4.69) is 216 Å². The number of hydrogen-bond donors (Lipinski definition) is 0. The molecule has 0 radical (unpaired) electrons. The normalized spacial score (nSPS) is 15.8. The van der Waals surface area contributed by atoms with Gasteiger partial charge in [-0.05, 0) is 100 Å². The molecule has 1 aromatic heterocycles. The molecule has 3 nitrogen and oxygen atoms in total. The molecule has 11 rings (SSSR count). The maximum absolute atomic E-state index is 6.39. The average Bonchev–Trinajstić information content (AvgIpc) is 3.80. The standard InChI is InChI=1S/C52H36N2O/c1-3-14-35(15-4-1)42-20-7-10-23-47(42)53(41-29-31-51-46(34-41)43-21-9-12-25-50(43)55-51)40-19-13-16-37(32-40)38-27-26-36-28-30-49-52(45(36)33-38)44-22-8-11-24-48(44)54(49)39-17-5-2-6-18-39/h1-34,46,51H. The molecule has 0 spiro atoms. The Morgan fingerprint density at radius 3 is 2.16 bits per heavy atom. The van der Waals surface area contributed by atoms with Crippen molar-refractivity contribution in [1.82, 2.24) is 4.57 Å². The number of allylic oxidation sites excluding steroid dienone is 1. The fraction of sp³-hybridized carbons (Fsp3) is 0.0385. The smallest absolute Gasteiger partial charge is 0.128 e. The molecule has 3 heteroatoms. The highest BCUT2D eigenvalue weighted by atomic mass is 16.5. The third kappa shape index (κ3) is 5.20. The van der Waals surface area contributed by atoms with Gasteiger partial charge < -0.3 is 14.2 Å². The fourth-order valence-corrected chi connectivity index (χ4v) is 8.79. The van der Waals surface area contributed by atoms with E-state index < -0.39 is 0 Å². The first-order chi connectivity index (χ1) is 27.3. The Labute approximate surface area is 320 Å². The van der Waals surface area contributed by atoms with Gasteiger partial charge in [-0.15, -0.1) is 0 Å². The molecule has 1 aliphatic heterocycles. The maximum Gasteiger partial charge on any atom is 0.128 e. The largest absolute Gasteiger partial charge is 0.485 e. The van der Waals surface area contributed by atoms with Crippen LogP contribution in [-0.4, -0.2) is 10.7 Å². The molecule has 0 bridgehead atoms. The van der Waals surface area contributed by atoms with Gasteiger partial charge in [0, 0.05) is 44.9 Å². The average molecular weight is 705 g/mol. The summed E-state index contributed by atoms with van der Waals surface area (Å²) < 4.78 is 8.78. The van der Waals surface area contributed by atoms with Crippen LogP contribution in [0.15, 0.2) is 212 Å². The Morgan fingerprint density at radius 1 is 0.527 bits per heavy atom. The summed E-state index contributed by atoms with van der Waals surface area (Å²) in [5.41, 5.74) is 12.9. The highest BCUT2D eigenvalue weighted by Gasteiger charge is 2.34. The molecule has 2 heterocycles. The number of anilines is 2. The van der Waals surface area contributed by atoms with Crippen molar-refractivity contribution < 1.29 is 4.74 Å². The third-order valence-corrected chi connectivity index (χ3v) is 11.3. The molecule has 260 valence electrons. The molecule has 0 saturated heterocycles. The Morgan fingerprint density at radius 2 is 1.25 bits per heavy atom. The molecule has 2 aliphatic rings. The van der Waals surface area contributed by atoms with Crippen molar-refractivity contribution in [3.05, 3.63) is 218 Å². The van der Waals surface area contributed by atoms with Crippen LogP contribution in [0.5, 0.6) is 5.75 Å². The van der Waals surface area contributed by atoms with Crippen LogP contribution in [0, 0.1) is 0 Å². The van der Waals surface area contributed by atoms with Crippen LogP contribution in [0.4, 0.5) is 11.4 Å². The predicted octanol–water partition coefficient (Wildman–Crippen LogP) is 13.4. The van der Waals surface area contributed by atoms with E-state index in [4.69, 9.17) is 4.74 Å². The van der Waals surface area contributed by atoms with E-state index in [-0.39, 0.29) is 12.0 Å². The fourth-order valence-electron chi connectivity index (χ4n) is 8.79. The van der Waals surface area contributed by atoms with E-state index in [0.717, 1.165) is 28.5 Å². The van der Waals surface area contributed by atoms with Gasteiger partial charge in [0.05, 0.1) is 16.7 Å². The first-order valence-corrected chi connectivity index (χ1v) is 19.0. The van der Waals surface area contributed by atoms with Crippen LogP contribution < -0.4 is 9.64 Å². The number of aromatic nitrogens is 1. The van der Waals surface area contributed by atoms with Gasteiger partial charge in [-0.25, -0.2) is 0 Å². The summed E-state index contributed by atoms with van der Waals surface area (Å²) in [5, 5.41) is 5.02. The number of rotatable bonds is 6. The summed E-state index contributed by atoms with van der Waals surface area (Å²) in [6.45, 7) is 0. The van der Waals surface area contributed by atoms with Gasteiger partial charge >= 0.3 is 0 Å². The van der Waals surface area contributed by atoms with Gasteiger partial charge in [-0.2, -0.15) is 0 Å². The number of ether oxygens (including phenoxy) is 1. The summed E-state index contributed by atoms with van der Waals surface area (Å²) in [5.74, 6) is 1.10. The summed E-state index contributed by atoms with van der Waals surface area (Å²) in [6, 6.07) is 67.8. The monoisotopic (exact) mass is 704 g/mol. The summed E-state index contributed by atoms with van der Waals surface area (Å²) in [4.78, 5) is 2.42. The van der Waals surface area contributed by atoms with Crippen LogP contribution >= 0.6 is 0 Å². The molecular weight excluding hydrogens is 669 g/mol. The summed E-state index contributed by atoms with van der Waals surface area (Å²) in [7, 11) is 0. The lowest BCUT2D eigenvalue weighted by Crippen LogP contribution is -2.23. The molecule has 55 heavy (non-hydrogen) atoms. The van der Waals surface area contributed by atoms with Gasteiger partial charge in [-0.3, -0.25) is 0 Å². The third-order valence-electron chi connectivity index (χ3n) is 11.3. The Kier molecular flexibility index (Phi) is 7.31.